The Morgan fingerprint density at radius 2 is 1.86 bits per heavy atom. The summed E-state index contributed by atoms with van der Waals surface area (Å²) in [4.78, 5) is 16.6. The Morgan fingerprint density at radius 3 is 2.49 bits per heavy atom. The van der Waals surface area contributed by atoms with Gasteiger partial charge in [0.15, 0.2) is 11.5 Å². The van der Waals surface area contributed by atoms with Crippen molar-refractivity contribution in [3.8, 4) is 11.5 Å². The van der Waals surface area contributed by atoms with Crippen molar-refractivity contribution in [2.24, 2.45) is 5.92 Å². The number of rotatable bonds is 9. The second-order valence-corrected chi connectivity index (χ2v) is 9.18. The van der Waals surface area contributed by atoms with Crippen molar-refractivity contribution in [1.29, 1.82) is 0 Å². The number of carbonyl (C=O) groups excluding carboxylic acids is 1. The van der Waals surface area contributed by atoms with Crippen LogP contribution in [0, 0.1) is 5.92 Å². The van der Waals surface area contributed by atoms with Gasteiger partial charge in [-0.25, -0.2) is 0 Å². The van der Waals surface area contributed by atoms with Crippen LogP contribution in [0.15, 0.2) is 42.5 Å². The monoisotopic (exact) mass is 492 g/mol. The minimum absolute atomic E-state index is 0.00282. The molecule has 192 valence electrons. The third-order valence-corrected chi connectivity index (χ3v) is 6.80. The van der Waals surface area contributed by atoms with Crippen LogP contribution in [-0.4, -0.2) is 53.6 Å². The second-order valence-electron chi connectivity index (χ2n) is 9.18. The number of hydrogen-bond donors (Lipinski definition) is 1. The maximum Gasteiger partial charge on any atom is 0.416 e. The number of hydrogen-bond acceptors (Lipinski definition) is 4. The predicted molar refractivity (Wildman–Crippen MR) is 129 cm³/mol. The molecule has 1 aliphatic heterocycles. The number of halogens is 3. The summed E-state index contributed by atoms with van der Waals surface area (Å²) in [5.74, 6) is 0.785. The zero-order valence-electron chi connectivity index (χ0n) is 20.6. The van der Waals surface area contributed by atoms with Gasteiger partial charge in [-0.05, 0) is 74.5 Å². The van der Waals surface area contributed by atoms with E-state index in [1.807, 2.05) is 19.1 Å². The molecule has 2 aromatic rings. The lowest BCUT2D eigenvalue weighted by atomic mass is 9.84. The number of carbonyl (C=O) groups is 1. The van der Waals surface area contributed by atoms with Gasteiger partial charge in [0.25, 0.3) is 0 Å². The maximum atomic E-state index is 13.2. The summed E-state index contributed by atoms with van der Waals surface area (Å²) in [6.07, 6.45) is -1.94. The number of aromatic hydroxyl groups is 1. The molecule has 1 amide bonds. The fourth-order valence-electron chi connectivity index (χ4n) is 4.85. The molecule has 1 unspecified atom stereocenters. The molecule has 0 radical (unpaired) electrons. The first-order chi connectivity index (χ1) is 16.6. The Balaban J connectivity index is 1.69. The third-order valence-electron chi connectivity index (χ3n) is 6.80. The minimum atomic E-state index is -4.39. The Kier molecular flexibility index (Phi) is 9.05. The number of alkyl halides is 3. The summed E-state index contributed by atoms with van der Waals surface area (Å²) in [7, 11) is 1.77. The second kappa shape index (κ2) is 11.8. The van der Waals surface area contributed by atoms with Crippen molar-refractivity contribution >= 4 is 5.91 Å². The van der Waals surface area contributed by atoms with Gasteiger partial charge < -0.3 is 14.7 Å². The van der Waals surface area contributed by atoms with Crippen LogP contribution in [0.3, 0.4) is 0 Å². The van der Waals surface area contributed by atoms with Crippen LogP contribution < -0.4 is 4.74 Å². The van der Waals surface area contributed by atoms with Gasteiger partial charge in [-0.15, -0.1) is 0 Å². The number of nitrogens with zero attached hydrogens (tertiary/aromatic N) is 2. The Morgan fingerprint density at radius 1 is 1.14 bits per heavy atom. The molecule has 0 aliphatic carbocycles. The van der Waals surface area contributed by atoms with Gasteiger partial charge in [-0.1, -0.05) is 31.2 Å². The van der Waals surface area contributed by atoms with Gasteiger partial charge >= 0.3 is 6.18 Å². The van der Waals surface area contributed by atoms with E-state index in [0.29, 0.717) is 30.8 Å². The first-order valence-electron chi connectivity index (χ1n) is 12.2. The molecule has 3 rings (SSSR count). The number of ether oxygens (including phenoxy) is 1. The highest BCUT2D eigenvalue weighted by Gasteiger charge is 2.33. The van der Waals surface area contributed by atoms with Crippen LogP contribution in [0.5, 0.6) is 11.5 Å². The molecular weight excluding hydrogens is 457 g/mol. The fourth-order valence-corrected chi connectivity index (χ4v) is 4.85. The molecular formula is C27H35F3N2O3. The highest BCUT2D eigenvalue weighted by molar-refractivity contribution is 5.75. The van der Waals surface area contributed by atoms with E-state index in [1.54, 1.807) is 31.0 Å². The number of likely N-dealkylation sites (tertiary alicyclic amines) is 1. The predicted octanol–water partition coefficient (Wildman–Crippen LogP) is 5.50. The number of amides is 1. The standard InChI is InChI=1S/C27H35F3N2O3/c1-4-26(34)31(3)23(16-19-7-6-8-22(15-19)27(28,29)30)21-11-13-32(14-12-21)18-20-9-10-24(33)25(17-20)35-5-2/h6-10,15,17,21,23,33H,4-5,11-14,16,18H2,1-3H3. The van der Waals surface area contributed by atoms with E-state index in [-0.39, 0.29) is 23.6 Å². The minimum Gasteiger partial charge on any atom is -0.504 e. The molecule has 1 saturated heterocycles. The quantitative estimate of drug-likeness (QED) is 0.502. The van der Waals surface area contributed by atoms with E-state index < -0.39 is 11.7 Å². The van der Waals surface area contributed by atoms with Gasteiger partial charge in [0.1, 0.15) is 0 Å². The lowest BCUT2D eigenvalue weighted by molar-refractivity contribution is -0.138. The normalized spacial score (nSPS) is 16.2. The lowest BCUT2D eigenvalue weighted by Crippen LogP contribution is -2.47. The maximum absolute atomic E-state index is 13.2. The molecule has 35 heavy (non-hydrogen) atoms. The third kappa shape index (κ3) is 7.13. The van der Waals surface area contributed by atoms with Gasteiger partial charge in [-0.2, -0.15) is 13.2 Å². The molecule has 0 aromatic heterocycles. The molecule has 5 nitrogen and oxygen atoms in total. The lowest BCUT2D eigenvalue weighted by Gasteiger charge is -2.40. The smallest absolute Gasteiger partial charge is 0.416 e. The summed E-state index contributed by atoms with van der Waals surface area (Å²) < 4.78 is 45.1. The van der Waals surface area contributed by atoms with Crippen LogP contribution >= 0.6 is 0 Å². The average Bonchev–Trinajstić information content (AvgIpc) is 2.84. The van der Waals surface area contributed by atoms with Crippen molar-refractivity contribution in [2.75, 3.05) is 26.7 Å². The molecule has 1 heterocycles. The average molecular weight is 493 g/mol. The van der Waals surface area contributed by atoms with Crippen LogP contribution in [0.2, 0.25) is 0 Å². The van der Waals surface area contributed by atoms with E-state index in [9.17, 15) is 23.1 Å². The van der Waals surface area contributed by atoms with E-state index in [4.69, 9.17) is 4.74 Å². The topological polar surface area (TPSA) is 53.0 Å². The van der Waals surface area contributed by atoms with Crippen molar-refractivity contribution in [2.45, 2.75) is 58.3 Å². The fraction of sp³-hybridized carbons (Fsp3) is 0.519. The van der Waals surface area contributed by atoms with Crippen LogP contribution in [-0.2, 0) is 23.9 Å². The van der Waals surface area contributed by atoms with E-state index in [1.165, 1.54) is 12.1 Å². The van der Waals surface area contributed by atoms with Crippen molar-refractivity contribution < 1.29 is 27.8 Å². The molecule has 8 heteroatoms. The number of phenols is 1. The first-order valence-corrected chi connectivity index (χ1v) is 12.2. The summed E-state index contributed by atoms with van der Waals surface area (Å²) in [5, 5.41) is 9.93. The Labute approximate surface area is 205 Å². The van der Waals surface area contributed by atoms with E-state index >= 15 is 0 Å². The number of piperidine rings is 1. The SMILES string of the molecule is CCOc1cc(CN2CCC(C(Cc3cccc(C(F)(F)F)c3)N(C)C(=O)CC)CC2)ccc1O. The van der Waals surface area contributed by atoms with E-state index in [0.717, 1.165) is 44.1 Å². The first kappa shape index (κ1) is 26.9. The van der Waals surface area contributed by atoms with Gasteiger partial charge in [0.2, 0.25) is 5.91 Å². The largest absolute Gasteiger partial charge is 0.504 e. The van der Waals surface area contributed by atoms with Crippen molar-refractivity contribution in [3.05, 3.63) is 59.2 Å². The summed E-state index contributed by atoms with van der Waals surface area (Å²) >= 11 is 0. The van der Waals surface area contributed by atoms with Gasteiger partial charge in [0, 0.05) is 26.1 Å². The molecule has 0 saturated carbocycles. The number of phenolic OH excluding ortho intramolecular Hbond substituents is 1. The Bertz CT molecular complexity index is 988. The summed E-state index contributed by atoms with van der Waals surface area (Å²) in [6.45, 7) is 6.50. The van der Waals surface area contributed by atoms with Crippen LogP contribution in [0.4, 0.5) is 13.2 Å². The molecule has 0 spiro atoms. The summed E-state index contributed by atoms with van der Waals surface area (Å²) in [5.41, 5.74) is 0.979. The van der Waals surface area contributed by atoms with E-state index in [2.05, 4.69) is 4.90 Å². The van der Waals surface area contributed by atoms with Crippen molar-refractivity contribution in [1.82, 2.24) is 9.80 Å². The van der Waals surface area contributed by atoms with Crippen molar-refractivity contribution in [3.63, 3.8) is 0 Å². The molecule has 2 aromatic carbocycles. The highest BCUT2D eigenvalue weighted by atomic mass is 19.4. The van der Waals surface area contributed by atoms with Crippen LogP contribution in [0.25, 0.3) is 0 Å². The van der Waals surface area contributed by atoms with Gasteiger partial charge in [0.05, 0.1) is 12.2 Å². The number of benzene rings is 2. The number of likely N-dealkylation sites (N-methyl/N-ethyl adjacent to an activating group) is 1. The highest BCUT2D eigenvalue weighted by Crippen LogP contribution is 2.32. The molecule has 1 atom stereocenters. The zero-order valence-corrected chi connectivity index (χ0v) is 20.6. The molecule has 1 N–H and O–H groups in total. The summed E-state index contributed by atoms with van der Waals surface area (Å²) in [6, 6.07) is 10.7. The molecule has 1 aliphatic rings. The Hall–Kier alpha value is -2.74. The van der Waals surface area contributed by atoms with Crippen LogP contribution in [0.1, 0.15) is 49.8 Å². The van der Waals surface area contributed by atoms with Gasteiger partial charge in [-0.3, -0.25) is 9.69 Å². The molecule has 1 fully saturated rings. The zero-order chi connectivity index (χ0) is 25.6. The molecule has 0 bridgehead atoms.